The molecule has 1 unspecified atom stereocenters. The maximum Gasteiger partial charge on any atom is 0.160 e. The Morgan fingerprint density at radius 1 is 1.12 bits per heavy atom. The molecule has 0 radical (unpaired) electrons. The van der Waals surface area contributed by atoms with Crippen molar-refractivity contribution < 1.29 is 0 Å². The highest BCUT2D eigenvalue weighted by Gasteiger charge is 2.19. The predicted molar refractivity (Wildman–Crippen MR) is 99.5 cm³/mol. The van der Waals surface area contributed by atoms with E-state index in [4.69, 9.17) is 16.6 Å². The van der Waals surface area contributed by atoms with Crippen LogP contribution in [0.5, 0.6) is 0 Å². The number of halogens is 1. The van der Waals surface area contributed by atoms with E-state index < -0.39 is 0 Å². The first-order chi connectivity index (χ1) is 11.6. The van der Waals surface area contributed by atoms with Crippen LogP contribution >= 0.6 is 11.6 Å². The van der Waals surface area contributed by atoms with Gasteiger partial charge in [-0.2, -0.15) is 0 Å². The molecule has 3 heterocycles. The highest BCUT2D eigenvalue weighted by Crippen LogP contribution is 2.32. The van der Waals surface area contributed by atoms with Crippen LogP contribution in [-0.2, 0) is 6.42 Å². The summed E-state index contributed by atoms with van der Waals surface area (Å²) in [5.41, 5.74) is 4.94. The summed E-state index contributed by atoms with van der Waals surface area (Å²) in [6.45, 7) is 8.58. The van der Waals surface area contributed by atoms with Gasteiger partial charge < -0.3 is 4.57 Å². The molecule has 0 aromatic carbocycles. The molecule has 0 spiro atoms. The van der Waals surface area contributed by atoms with Gasteiger partial charge in [-0.3, -0.25) is 0 Å². The van der Waals surface area contributed by atoms with Gasteiger partial charge in [0.15, 0.2) is 5.65 Å². The van der Waals surface area contributed by atoms with Crippen LogP contribution in [0.4, 0.5) is 0 Å². The molecule has 0 saturated carbocycles. The van der Waals surface area contributed by atoms with Crippen LogP contribution in [0.25, 0.3) is 22.3 Å². The van der Waals surface area contributed by atoms with Gasteiger partial charge in [0, 0.05) is 35.5 Å². The zero-order valence-corrected chi connectivity index (χ0v) is 15.4. The van der Waals surface area contributed by atoms with Crippen molar-refractivity contribution in [2.75, 3.05) is 0 Å². The lowest BCUT2D eigenvalue weighted by Gasteiger charge is -2.15. The summed E-state index contributed by atoms with van der Waals surface area (Å²) in [7, 11) is 0. The van der Waals surface area contributed by atoms with Crippen LogP contribution in [0.3, 0.4) is 0 Å². The van der Waals surface area contributed by atoms with Crippen molar-refractivity contribution in [3.8, 4) is 11.1 Å². The fourth-order valence-corrected chi connectivity index (χ4v) is 3.52. The number of aromatic nitrogens is 4. The summed E-state index contributed by atoms with van der Waals surface area (Å²) in [6.07, 6.45) is 5.01. The molecule has 5 heteroatoms. The standard InChI is InChI=1S/C19H23ClN4/c1-5-7-12(3)24-17(6-2)23-18-15(10-11-21-19(18)24)14-8-9-16(20)22-13(14)4/h8-12H,5-7H2,1-4H3. The minimum absolute atomic E-state index is 0.391. The number of aryl methyl sites for hydroxylation is 2. The molecule has 0 N–H and O–H groups in total. The molecule has 1 atom stereocenters. The lowest BCUT2D eigenvalue weighted by Crippen LogP contribution is -2.09. The maximum atomic E-state index is 6.01. The van der Waals surface area contributed by atoms with Gasteiger partial charge in [-0.05, 0) is 38.5 Å². The number of nitrogens with zero attached hydrogens (tertiary/aromatic N) is 4. The Morgan fingerprint density at radius 2 is 1.92 bits per heavy atom. The van der Waals surface area contributed by atoms with Gasteiger partial charge in [0.05, 0.1) is 0 Å². The zero-order valence-electron chi connectivity index (χ0n) is 14.7. The van der Waals surface area contributed by atoms with Gasteiger partial charge in [0.1, 0.15) is 16.5 Å². The Balaban J connectivity index is 2.24. The summed E-state index contributed by atoms with van der Waals surface area (Å²) < 4.78 is 2.29. The topological polar surface area (TPSA) is 43.6 Å². The molecule has 0 saturated heterocycles. The Kier molecular flexibility index (Phi) is 4.86. The maximum absolute atomic E-state index is 6.01. The van der Waals surface area contributed by atoms with E-state index in [1.807, 2.05) is 31.3 Å². The van der Waals surface area contributed by atoms with Crippen molar-refractivity contribution in [1.29, 1.82) is 0 Å². The lowest BCUT2D eigenvalue weighted by molar-refractivity contribution is 0.493. The molecule has 3 aromatic rings. The van der Waals surface area contributed by atoms with Gasteiger partial charge >= 0.3 is 0 Å². The number of rotatable bonds is 5. The highest BCUT2D eigenvalue weighted by molar-refractivity contribution is 6.29. The summed E-state index contributed by atoms with van der Waals surface area (Å²) >= 11 is 6.01. The Morgan fingerprint density at radius 3 is 2.58 bits per heavy atom. The fourth-order valence-electron chi connectivity index (χ4n) is 3.33. The van der Waals surface area contributed by atoms with Crippen molar-refractivity contribution in [2.45, 2.75) is 53.0 Å². The van der Waals surface area contributed by atoms with Crippen LogP contribution < -0.4 is 0 Å². The van der Waals surface area contributed by atoms with Crippen LogP contribution in [-0.4, -0.2) is 19.5 Å². The molecule has 0 bridgehead atoms. The van der Waals surface area contributed by atoms with E-state index in [1.165, 1.54) is 0 Å². The molecular weight excluding hydrogens is 320 g/mol. The second-order valence-electron chi connectivity index (χ2n) is 6.19. The summed E-state index contributed by atoms with van der Waals surface area (Å²) in [4.78, 5) is 13.9. The third-order valence-corrected chi connectivity index (χ3v) is 4.67. The van der Waals surface area contributed by atoms with Crippen molar-refractivity contribution in [2.24, 2.45) is 0 Å². The predicted octanol–water partition coefficient (Wildman–Crippen LogP) is 5.38. The number of imidazole rings is 1. The first kappa shape index (κ1) is 16.9. The number of hydrogen-bond donors (Lipinski definition) is 0. The van der Waals surface area contributed by atoms with E-state index in [0.717, 1.165) is 53.1 Å². The molecular formula is C19H23ClN4. The fraction of sp³-hybridized carbons (Fsp3) is 0.421. The highest BCUT2D eigenvalue weighted by atomic mass is 35.5. The number of fused-ring (bicyclic) bond motifs is 1. The molecule has 4 nitrogen and oxygen atoms in total. The Labute approximate surface area is 147 Å². The minimum Gasteiger partial charge on any atom is -0.310 e. The van der Waals surface area contributed by atoms with E-state index >= 15 is 0 Å². The molecule has 24 heavy (non-hydrogen) atoms. The second-order valence-corrected chi connectivity index (χ2v) is 6.57. The molecule has 0 amide bonds. The summed E-state index contributed by atoms with van der Waals surface area (Å²) in [6, 6.07) is 6.25. The number of pyridine rings is 2. The third kappa shape index (κ3) is 2.91. The molecule has 126 valence electrons. The quantitative estimate of drug-likeness (QED) is 0.585. The van der Waals surface area contributed by atoms with Gasteiger partial charge in [-0.25, -0.2) is 15.0 Å². The minimum atomic E-state index is 0.391. The van der Waals surface area contributed by atoms with E-state index in [1.54, 1.807) is 0 Å². The van der Waals surface area contributed by atoms with Crippen LogP contribution in [0.2, 0.25) is 5.15 Å². The average Bonchev–Trinajstić information content (AvgIpc) is 2.94. The van der Waals surface area contributed by atoms with Gasteiger partial charge in [-0.15, -0.1) is 0 Å². The zero-order chi connectivity index (χ0) is 17.3. The largest absolute Gasteiger partial charge is 0.310 e. The third-order valence-electron chi connectivity index (χ3n) is 4.46. The monoisotopic (exact) mass is 342 g/mol. The van der Waals surface area contributed by atoms with Gasteiger partial charge in [0.25, 0.3) is 0 Å². The lowest BCUT2D eigenvalue weighted by atomic mass is 10.0. The van der Waals surface area contributed by atoms with Crippen molar-refractivity contribution in [1.82, 2.24) is 19.5 Å². The molecule has 3 rings (SSSR count). The van der Waals surface area contributed by atoms with Crippen molar-refractivity contribution in [3.63, 3.8) is 0 Å². The van der Waals surface area contributed by atoms with Crippen LogP contribution in [0.1, 0.15) is 51.2 Å². The van der Waals surface area contributed by atoms with E-state index in [0.29, 0.717) is 11.2 Å². The number of hydrogen-bond acceptors (Lipinski definition) is 3. The molecule has 0 aliphatic rings. The summed E-state index contributed by atoms with van der Waals surface area (Å²) in [5, 5.41) is 0.512. The van der Waals surface area contributed by atoms with Crippen LogP contribution in [0.15, 0.2) is 24.4 Å². The molecule has 3 aromatic heterocycles. The molecule has 0 aliphatic carbocycles. The second kappa shape index (κ2) is 6.89. The SMILES string of the molecule is CCCC(C)n1c(CC)nc2c(-c3ccc(Cl)nc3C)ccnc21. The van der Waals surface area contributed by atoms with Crippen LogP contribution in [0, 0.1) is 6.92 Å². The molecule has 0 fully saturated rings. The van der Waals surface area contributed by atoms with E-state index in [9.17, 15) is 0 Å². The summed E-state index contributed by atoms with van der Waals surface area (Å²) in [5.74, 6) is 1.09. The van der Waals surface area contributed by atoms with Gasteiger partial charge in [-0.1, -0.05) is 31.9 Å². The average molecular weight is 343 g/mol. The normalized spacial score (nSPS) is 12.7. The Bertz CT molecular complexity index is 869. The first-order valence-corrected chi connectivity index (χ1v) is 8.93. The van der Waals surface area contributed by atoms with Gasteiger partial charge in [0.2, 0.25) is 0 Å². The smallest absolute Gasteiger partial charge is 0.160 e. The van der Waals surface area contributed by atoms with Crippen molar-refractivity contribution >= 4 is 22.8 Å². The Hall–Kier alpha value is -1.94. The molecule has 0 aliphatic heterocycles. The first-order valence-electron chi connectivity index (χ1n) is 8.56. The van der Waals surface area contributed by atoms with Crippen molar-refractivity contribution in [3.05, 3.63) is 41.1 Å². The van der Waals surface area contributed by atoms with E-state index in [-0.39, 0.29) is 0 Å². The van der Waals surface area contributed by atoms with E-state index in [2.05, 4.69) is 35.3 Å².